The van der Waals surface area contributed by atoms with E-state index in [0.717, 1.165) is 5.56 Å². The summed E-state index contributed by atoms with van der Waals surface area (Å²) in [4.78, 5) is 0.134. The largest absolute Gasteiger partial charge is 0.496 e. The summed E-state index contributed by atoms with van der Waals surface area (Å²) in [7, 11) is -2.22. The Morgan fingerprint density at radius 3 is 2.76 bits per heavy atom. The Balaban J connectivity index is 1.82. The summed E-state index contributed by atoms with van der Waals surface area (Å²) in [6.45, 7) is 1.98. The number of aliphatic hydroxyl groups is 1. The molecule has 3 rings (SSSR count). The molecule has 0 amide bonds. The van der Waals surface area contributed by atoms with Crippen LogP contribution in [0.3, 0.4) is 0 Å². The molecule has 1 aliphatic rings. The van der Waals surface area contributed by atoms with E-state index in [9.17, 15) is 13.5 Å². The van der Waals surface area contributed by atoms with Crippen LogP contribution in [-0.2, 0) is 15.6 Å². The topological polar surface area (TPSA) is 84.9 Å². The number of rotatable bonds is 5. The van der Waals surface area contributed by atoms with Gasteiger partial charge in [-0.2, -0.15) is 0 Å². The maximum atomic E-state index is 12.6. The molecular weight excluding hydrogens is 342 g/mol. The van der Waals surface area contributed by atoms with E-state index in [0.29, 0.717) is 30.1 Å². The lowest BCUT2D eigenvalue weighted by molar-refractivity contribution is 0.00219. The number of benzene rings is 2. The Bertz CT molecular complexity index is 881. The molecule has 1 unspecified atom stereocenters. The minimum atomic E-state index is -3.75. The molecule has 0 saturated heterocycles. The van der Waals surface area contributed by atoms with Crippen molar-refractivity contribution in [1.29, 1.82) is 0 Å². The van der Waals surface area contributed by atoms with Gasteiger partial charge in [-0.15, -0.1) is 0 Å². The van der Waals surface area contributed by atoms with Crippen LogP contribution >= 0.6 is 0 Å². The molecule has 1 heterocycles. The minimum Gasteiger partial charge on any atom is -0.496 e. The van der Waals surface area contributed by atoms with Gasteiger partial charge in [0, 0.05) is 18.5 Å². The number of para-hydroxylation sites is 1. The Kier molecular flexibility index (Phi) is 4.73. The molecule has 134 valence electrons. The molecule has 7 heteroatoms. The highest BCUT2D eigenvalue weighted by atomic mass is 32.2. The highest BCUT2D eigenvalue weighted by Gasteiger charge is 2.36. The first-order valence-corrected chi connectivity index (χ1v) is 9.43. The van der Waals surface area contributed by atoms with Crippen LogP contribution in [0.4, 0.5) is 0 Å². The summed E-state index contributed by atoms with van der Waals surface area (Å²) < 4.78 is 38.4. The number of methoxy groups -OCH3 is 1. The zero-order chi connectivity index (χ0) is 18.1. The first-order chi connectivity index (χ1) is 11.9. The second-order valence-electron chi connectivity index (χ2n) is 6.08. The molecular formula is C18H21NO5S. The van der Waals surface area contributed by atoms with Crippen molar-refractivity contribution in [3.8, 4) is 11.5 Å². The van der Waals surface area contributed by atoms with Crippen LogP contribution < -0.4 is 14.2 Å². The fourth-order valence-corrected chi connectivity index (χ4v) is 4.12. The number of nitrogens with one attached hydrogen (secondary N) is 1. The number of hydrogen-bond acceptors (Lipinski definition) is 5. The summed E-state index contributed by atoms with van der Waals surface area (Å²) in [6, 6.07) is 11.8. The van der Waals surface area contributed by atoms with Crippen molar-refractivity contribution in [1.82, 2.24) is 4.72 Å². The van der Waals surface area contributed by atoms with Gasteiger partial charge in [0.25, 0.3) is 0 Å². The predicted octanol–water partition coefficient (Wildman–Crippen LogP) is 1.95. The highest BCUT2D eigenvalue weighted by molar-refractivity contribution is 7.89. The first-order valence-electron chi connectivity index (χ1n) is 7.95. The van der Waals surface area contributed by atoms with E-state index in [1.165, 1.54) is 13.2 Å². The standard InChI is InChI=1S/C18H21NO5S/c1-13-11-14(7-8-16(13)23-2)25(21,22)19-12-18(20)9-10-24-17-6-4-3-5-15(17)18/h3-8,11,19-20H,9-10,12H2,1-2H3. The van der Waals surface area contributed by atoms with Gasteiger partial charge in [0.1, 0.15) is 17.1 Å². The third-order valence-corrected chi connectivity index (χ3v) is 5.79. The van der Waals surface area contributed by atoms with Crippen LogP contribution in [0.15, 0.2) is 47.4 Å². The van der Waals surface area contributed by atoms with E-state index in [1.807, 2.05) is 6.07 Å². The molecule has 6 nitrogen and oxygen atoms in total. The maximum Gasteiger partial charge on any atom is 0.240 e. The van der Waals surface area contributed by atoms with Crippen LogP contribution in [0.2, 0.25) is 0 Å². The molecule has 0 aromatic heterocycles. The normalized spacial score (nSPS) is 19.8. The second kappa shape index (κ2) is 6.67. The first kappa shape index (κ1) is 17.7. The number of ether oxygens (including phenoxy) is 2. The summed E-state index contributed by atoms with van der Waals surface area (Å²) in [5.41, 5.74) is 0.0130. The Morgan fingerprint density at radius 2 is 2.04 bits per heavy atom. The number of aryl methyl sites for hydroxylation is 1. The van der Waals surface area contributed by atoms with Crippen molar-refractivity contribution < 1.29 is 23.0 Å². The van der Waals surface area contributed by atoms with Crippen molar-refractivity contribution >= 4 is 10.0 Å². The van der Waals surface area contributed by atoms with E-state index in [2.05, 4.69) is 4.72 Å². The van der Waals surface area contributed by atoms with Crippen LogP contribution in [-0.4, -0.2) is 33.8 Å². The van der Waals surface area contributed by atoms with Gasteiger partial charge >= 0.3 is 0 Å². The predicted molar refractivity (Wildman–Crippen MR) is 93.4 cm³/mol. The molecule has 1 aliphatic heterocycles. The zero-order valence-corrected chi connectivity index (χ0v) is 15.0. The molecule has 2 aromatic rings. The lowest BCUT2D eigenvalue weighted by atomic mass is 9.88. The fourth-order valence-electron chi connectivity index (χ4n) is 2.94. The molecule has 0 saturated carbocycles. The molecule has 25 heavy (non-hydrogen) atoms. The number of sulfonamides is 1. The van der Waals surface area contributed by atoms with Crippen LogP contribution in [0, 0.1) is 6.92 Å². The Morgan fingerprint density at radius 1 is 1.28 bits per heavy atom. The Labute approximate surface area is 147 Å². The van der Waals surface area contributed by atoms with Crippen molar-refractivity contribution in [2.45, 2.75) is 23.8 Å². The zero-order valence-electron chi connectivity index (χ0n) is 14.2. The summed E-state index contributed by atoms with van der Waals surface area (Å²) in [5, 5.41) is 10.9. The van der Waals surface area contributed by atoms with E-state index in [4.69, 9.17) is 9.47 Å². The van der Waals surface area contributed by atoms with Crippen molar-refractivity contribution in [3.63, 3.8) is 0 Å². The molecule has 0 bridgehead atoms. The van der Waals surface area contributed by atoms with E-state index in [1.54, 1.807) is 37.3 Å². The van der Waals surface area contributed by atoms with Crippen LogP contribution in [0.1, 0.15) is 17.5 Å². The molecule has 0 aliphatic carbocycles. The maximum absolute atomic E-state index is 12.6. The second-order valence-corrected chi connectivity index (χ2v) is 7.85. The minimum absolute atomic E-state index is 0.124. The van der Waals surface area contributed by atoms with Gasteiger partial charge < -0.3 is 14.6 Å². The van der Waals surface area contributed by atoms with Gasteiger partial charge in [-0.05, 0) is 36.8 Å². The molecule has 2 N–H and O–H groups in total. The van der Waals surface area contributed by atoms with Gasteiger partial charge in [0.05, 0.1) is 18.6 Å². The average Bonchev–Trinajstić information content (AvgIpc) is 2.61. The fraction of sp³-hybridized carbons (Fsp3) is 0.333. The summed E-state index contributed by atoms with van der Waals surface area (Å²) in [6.07, 6.45) is 0.314. The number of fused-ring (bicyclic) bond motifs is 1. The molecule has 0 spiro atoms. The van der Waals surface area contributed by atoms with E-state index < -0.39 is 15.6 Å². The molecule has 0 fully saturated rings. The third kappa shape index (κ3) is 3.49. The van der Waals surface area contributed by atoms with Gasteiger partial charge in [0.15, 0.2) is 0 Å². The highest BCUT2D eigenvalue weighted by Crippen LogP contribution is 2.36. The Hall–Kier alpha value is -2.09. The smallest absolute Gasteiger partial charge is 0.240 e. The molecule has 2 aromatic carbocycles. The van der Waals surface area contributed by atoms with E-state index >= 15 is 0 Å². The van der Waals surface area contributed by atoms with Crippen molar-refractivity contribution in [2.75, 3.05) is 20.3 Å². The van der Waals surface area contributed by atoms with Gasteiger partial charge in [0.2, 0.25) is 10.0 Å². The van der Waals surface area contributed by atoms with Crippen molar-refractivity contribution in [3.05, 3.63) is 53.6 Å². The monoisotopic (exact) mass is 363 g/mol. The van der Waals surface area contributed by atoms with Crippen LogP contribution in [0.25, 0.3) is 0 Å². The average molecular weight is 363 g/mol. The third-order valence-electron chi connectivity index (χ3n) is 4.39. The lowest BCUT2D eigenvalue weighted by Gasteiger charge is -2.34. The van der Waals surface area contributed by atoms with Gasteiger partial charge in [-0.1, -0.05) is 18.2 Å². The SMILES string of the molecule is COc1ccc(S(=O)(=O)NCC2(O)CCOc3ccccc32)cc1C. The number of hydrogen-bond donors (Lipinski definition) is 2. The summed E-state index contributed by atoms with van der Waals surface area (Å²) in [5.74, 6) is 1.20. The van der Waals surface area contributed by atoms with Gasteiger partial charge in [-0.3, -0.25) is 0 Å². The van der Waals surface area contributed by atoms with Crippen LogP contribution in [0.5, 0.6) is 11.5 Å². The van der Waals surface area contributed by atoms with Gasteiger partial charge in [-0.25, -0.2) is 13.1 Å². The quantitative estimate of drug-likeness (QED) is 0.848. The molecule has 0 radical (unpaired) electrons. The lowest BCUT2D eigenvalue weighted by Crippen LogP contribution is -2.43. The summed E-state index contributed by atoms with van der Waals surface area (Å²) >= 11 is 0. The molecule has 1 atom stereocenters. The van der Waals surface area contributed by atoms with Crippen molar-refractivity contribution in [2.24, 2.45) is 0 Å². The van der Waals surface area contributed by atoms with E-state index in [-0.39, 0.29) is 11.4 Å².